The van der Waals surface area contributed by atoms with E-state index in [-0.39, 0.29) is 0 Å². The monoisotopic (exact) mass is 297 g/mol. The smallest absolute Gasteiger partial charge is 0.0446 e. The van der Waals surface area contributed by atoms with Crippen molar-refractivity contribution in [3.63, 3.8) is 0 Å². The first-order chi connectivity index (χ1) is 9.20. The van der Waals surface area contributed by atoms with Crippen LogP contribution in [-0.4, -0.2) is 17.8 Å². The summed E-state index contributed by atoms with van der Waals surface area (Å²) in [5.74, 6) is 1.89. The highest BCUT2D eigenvalue weighted by molar-refractivity contribution is 7.99. The fraction of sp³-hybridized carbons (Fsp3) is 0.625. The molecule has 0 bridgehead atoms. The van der Waals surface area contributed by atoms with Crippen LogP contribution in [0.3, 0.4) is 0 Å². The molecule has 1 aliphatic carbocycles. The van der Waals surface area contributed by atoms with E-state index in [1.165, 1.54) is 24.8 Å². The van der Waals surface area contributed by atoms with E-state index in [4.69, 9.17) is 11.6 Å². The maximum absolute atomic E-state index is 6.24. The normalized spacial score (nSPS) is 27.4. The van der Waals surface area contributed by atoms with Gasteiger partial charge in [-0.05, 0) is 43.4 Å². The lowest BCUT2D eigenvalue weighted by molar-refractivity contribution is 0.320. The van der Waals surface area contributed by atoms with Gasteiger partial charge in [-0.3, -0.25) is 0 Å². The molecule has 0 amide bonds. The fourth-order valence-corrected chi connectivity index (χ4v) is 4.68. The molecule has 3 unspecified atom stereocenters. The lowest BCUT2D eigenvalue weighted by Gasteiger charge is -2.35. The van der Waals surface area contributed by atoms with Crippen molar-refractivity contribution in [3.8, 4) is 0 Å². The van der Waals surface area contributed by atoms with Crippen molar-refractivity contribution in [3.05, 3.63) is 34.9 Å². The number of hydrogen-bond donors (Lipinski definition) is 1. The fourth-order valence-electron chi connectivity index (χ4n) is 2.82. The predicted molar refractivity (Wildman–Crippen MR) is 87.0 cm³/mol. The van der Waals surface area contributed by atoms with Crippen molar-refractivity contribution in [1.29, 1.82) is 0 Å². The molecule has 1 aromatic rings. The molecule has 0 radical (unpaired) electrons. The molecule has 3 heteroatoms. The Morgan fingerprint density at radius 3 is 2.84 bits per heavy atom. The Balaban J connectivity index is 1.93. The Labute approximate surface area is 126 Å². The van der Waals surface area contributed by atoms with Crippen LogP contribution in [0.15, 0.2) is 24.3 Å². The largest absolute Gasteiger partial charge is 0.313 e. The second-order valence-electron chi connectivity index (χ2n) is 5.52. The zero-order valence-electron chi connectivity index (χ0n) is 11.9. The molecular formula is C16H24ClNS. The van der Waals surface area contributed by atoms with Gasteiger partial charge in [-0.2, -0.15) is 11.8 Å². The van der Waals surface area contributed by atoms with Crippen LogP contribution in [0.25, 0.3) is 0 Å². The van der Waals surface area contributed by atoms with Gasteiger partial charge in [-0.1, -0.05) is 43.6 Å². The zero-order chi connectivity index (χ0) is 13.7. The van der Waals surface area contributed by atoms with Crippen molar-refractivity contribution in [2.75, 3.05) is 6.54 Å². The van der Waals surface area contributed by atoms with Gasteiger partial charge in [0, 0.05) is 22.1 Å². The van der Waals surface area contributed by atoms with Crippen LogP contribution in [0.4, 0.5) is 0 Å². The third-order valence-electron chi connectivity index (χ3n) is 3.93. The third-order valence-corrected chi connectivity index (χ3v) is 5.73. The number of benzene rings is 1. The molecule has 1 fully saturated rings. The van der Waals surface area contributed by atoms with Crippen LogP contribution in [-0.2, 0) is 5.75 Å². The van der Waals surface area contributed by atoms with Crippen LogP contribution in [0.2, 0.25) is 5.02 Å². The molecule has 0 spiro atoms. The Hall–Kier alpha value is -0.180. The first kappa shape index (κ1) is 15.2. The maximum atomic E-state index is 6.24. The molecule has 106 valence electrons. The van der Waals surface area contributed by atoms with Crippen LogP contribution in [0, 0.1) is 5.92 Å². The Morgan fingerprint density at radius 2 is 2.11 bits per heavy atom. The summed E-state index contributed by atoms with van der Waals surface area (Å²) >= 11 is 8.31. The van der Waals surface area contributed by atoms with Crippen molar-refractivity contribution >= 4 is 23.4 Å². The van der Waals surface area contributed by atoms with Gasteiger partial charge in [0.2, 0.25) is 0 Å². The van der Waals surface area contributed by atoms with Gasteiger partial charge in [0.25, 0.3) is 0 Å². The number of hydrogen-bond acceptors (Lipinski definition) is 2. The summed E-state index contributed by atoms with van der Waals surface area (Å²) in [5.41, 5.74) is 1.27. The molecule has 0 aromatic heterocycles. The molecule has 1 saturated carbocycles. The quantitative estimate of drug-likeness (QED) is 0.842. The minimum Gasteiger partial charge on any atom is -0.313 e. The second kappa shape index (κ2) is 7.56. The van der Waals surface area contributed by atoms with Crippen molar-refractivity contribution in [1.82, 2.24) is 5.32 Å². The van der Waals surface area contributed by atoms with Crippen molar-refractivity contribution in [2.24, 2.45) is 5.92 Å². The maximum Gasteiger partial charge on any atom is 0.0446 e. The van der Waals surface area contributed by atoms with Gasteiger partial charge >= 0.3 is 0 Å². The van der Waals surface area contributed by atoms with E-state index in [2.05, 4.69) is 43.1 Å². The van der Waals surface area contributed by atoms with Gasteiger partial charge in [-0.15, -0.1) is 0 Å². The molecule has 3 atom stereocenters. The highest BCUT2D eigenvalue weighted by Crippen LogP contribution is 2.35. The molecule has 1 aliphatic rings. The van der Waals surface area contributed by atoms with E-state index in [0.717, 1.165) is 28.5 Å². The topological polar surface area (TPSA) is 12.0 Å². The van der Waals surface area contributed by atoms with E-state index >= 15 is 0 Å². The van der Waals surface area contributed by atoms with Crippen LogP contribution < -0.4 is 5.32 Å². The number of rotatable bonds is 5. The molecule has 0 aliphatic heterocycles. The van der Waals surface area contributed by atoms with Crippen molar-refractivity contribution < 1.29 is 0 Å². The summed E-state index contributed by atoms with van der Waals surface area (Å²) in [6.45, 7) is 5.65. The van der Waals surface area contributed by atoms with Crippen LogP contribution in [0.5, 0.6) is 0 Å². The standard InChI is InChI=1S/C16H24ClNS/c1-3-18-15-9-8-12(2)10-16(15)19-11-13-6-4-5-7-14(13)17/h4-7,12,15-16,18H,3,8-11H2,1-2H3. The highest BCUT2D eigenvalue weighted by Gasteiger charge is 2.28. The van der Waals surface area contributed by atoms with Crippen LogP contribution in [0.1, 0.15) is 38.7 Å². The van der Waals surface area contributed by atoms with Gasteiger partial charge in [0.1, 0.15) is 0 Å². The molecule has 1 N–H and O–H groups in total. The predicted octanol–water partition coefficient (Wildman–Crippen LogP) is 4.74. The average Bonchev–Trinajstić information content (AvgIpc) is 2.41. The number of halogens is 1. The number of thioether (sulfide) groups is 1. The van der Waals surface area contributed by atoms with E-state index in [9.17, 15) is 0 Å². The second-order valence-corrected chi connectivity index (χ2v) is 7.16. The first-order valence-electron chi connectivity index (χ1n) is 7.29. The lowest BCUT2D eigenvalue weighted by atomic mass is 9.87. The van der Waals surface area contributed by atoms with Crippen LogP contribution >= 0.6 is 23.4 Å². The molecule has 0 heterocycles. The van der Waals surface area contributed by atoms with E-state index in [1.54, 1.807) is 0 Å². The van der Waals surface area contributed by atoms with E-state index in [0.29, 0.717) is 6.04 Å². The molecule has 2 rings (SSSR count). The highest BCUT2D eigenvalue weighted by atomic mass is 35.5. The molecule has 0 saturated heterocycles. The Bertz CT molecular complexity index is 396. The summed E-state index contributed by atoms with van der Waals surface area (Å²) in [5, 5.41) is 5.28. The minimum absolute atomic E-state index is 0.675. The average molecular weight is 298 g/mol. The van der Waals surface area contributed by atoms with E-state index in [1.807, 2.05) is 12.1 Å². The SMILES string of the molecule is CCNC1CCC(C)CC1SCc1ccccc1Cl. The summed E-state index contributed by atoms with van der Waals surface area (Å²) in [6, 6.07) is 8.88. The first-order valence-corrected chi connectivity index (χ1v) is 8.71. The third kappa shape index (κ3) is 4.40. The van der Waals surface area contributed by atoms with Gasteiger partial charge < -0.3 is 5.32 Å². The number of nitrogens with one attached hydrogen (secondary N) is 1. The molecular weight excluding hydrogens is 274 g/mol. The summed E-state index contributed by atoms with van der Waals surface area (Å²) in [4.78, 5) is 0. The summed E-state index contributed by atoms with van der Waals surface area (Å²) in [6.07, 6.45) is 4.00. The summed E-state index contributed by atoms with van der Waals surface area (Å²) < 4.78 is 0. The van der Waals surface area contributed by atoms with Crippen molar-refractivity contribution in [2.45, 2.75) is 50.2 Å². The van der Waals surface area contributed by atoms with Gasteiger partial charge in [-0.25, -0.2) is 0 Å². The van der Waals surface area contributed by atoms with Gasteiger partial charge in [0.05, 0.1) is 0 Å². The molecule has 1 aromatic carbocycles. The minimum atomic E-state index is 0.675. The van der Waals surface area contributed by atoms with E-state index < -0.39 is 0 Å². The molecule has 1 nitrogen and oxygen atoms in total. The zero-order valence-corrected chi connectivity index (χ0v) is 13.4. The Kier molecular flexibility index (Phi) is 6.06. The molecule has 19 heavy (non-hydrogen) atoms. The lowest BCUT2D eigenvalue weighted by Crippen LogP contribution is -2.42. The Morgan fingerprint density at radius 1 is 1.32 bits per heavy atom. The van der Waals surface area contributed by atoms with Gasteiger partial charge in [0.15, 0.2) is 0 Å². The summed E-state index contributed by atoms with van der Waals surface area (Å²) in [7, 11) is 0.